The highest BCUT2D eigenvalue weighted by Crippen LogP contribution is 2.18. The Balaban J connectivity index is 0.00000220. The van der Waals surface area contributed by atoms with Crippen molar-refractivity contribution in [1.82, 2.24) is 10.2 Å². The van der Waals surface area contributed by atoms with Crippen LogP contribution in [0.4, 0.5) is 8.78 Å². The number of likely N-dealkylation sites (N-methyl/N-ethyl adjacent to an activating group) is 1. The summed E-state index contributed by atoms with van der Waals surface area (Å²) >= 11 is 0. The number of rotatable bonds is 4. The van der Waals surface area contributed by atoms with Gasteiger partial charge in [-0.25, -0.2) is 8.78 Å². The molecule has 1 heterocycles. The number of nitrogens with one attached hydrogen (secondary N) is 1. The van der Waals surface area contributed by atoms with Crippen LogP contribution in [-0.2, 0) is 4.79 Å². The molecule has 1 N–H and O–H groups in total. The van der Waals surface area contributed by atoms with Crippen molar-refractivity contribution in [2.75, 3.05) is 20.1 Å². The van der Waals surface area contributed by atoms with E-state index in [1.54, 1.807) is 18.9 Å². The van der Waals surface area contributed by atoms with Gasteiger partial charge in [0.25, 0.3) is 5.91 Å². The van der Waals surface area contributed by atoms with Crippen LogP contribution in [-0.4, -0.2) is 43.1 Å². The Labute approximate surface area is 128 Å². The van der Waals surface area contributed by atoms with Crippen LogP contribution in [0.3, 0.4) is 0 Å². The van der Waals surface area contributed by atoms with Crippen molar-refractivity contribution in [2.24, 2.45) is 0 Å². The lowest BCUT2D eigenvalue weighted by Gasteiger charge is -2.27. The van der Waals surface area contributed by atoms with Crippen LogP contribution >= 0.6 is 12.4 Å². The smallest absolute Gasteiger partial charge is 0.263 e. The van der Waals surface area contributed by atoms with Crippen LogP contribution in [0.25, 0.3) is 0 Å². The molecule has 2 rings (SSSR count). The van der Waals surface area contributed by atoms with E-state index >= 15 is 0 Å². The molecule has 0 radical (unpaired) electrons. The predicted octanol–water partition coefficient (Wildman–Crippen LogP) is 1.97. The molecule has 1 aromatic carbocycles. The second-order valence-electron chi connectivity index (χ2n) is 4.93. The van der Waals surface area contributed by atoms with Crippen LogP contribution in [0.1, 0.15) is 13.3 Å². The zero-order valence-electron chi connectivity index (χ0n) is 11.9. The number of hydrogen-bond donors (Lipinski definition) is 1. The quantitative estimate of drug-likeness (QED) is 0.922. The second-order valence-corrected chi connectivity index (χ2v) is 4.93. The van der Waals surface area contributed by atoms with Crippen molar-refractivity contribution in [1.29, 1.82) is 0 Å². The Morgan fingerprint density at radius 1 is 1.43 bits per heavy atom. The molecule has 2 unspecified atom stereocenters. The maximum Gasteiger partial charge on any atom is 0.263 e. The third-order valence-electron chi connectivity index (χ3n) is 3.48. The maximum atomic E-state index is 13.1. The largest absolute Gasteiger partial charge is 0.481 e. The second kappa shape index (κ2) is 7.56. The molecule has 118 valence electrons. The van der Waals surface area contributed by atoms with Crippen LogP contribution in [0, 0.1) is 11.6 Å². The fraction of sp³-hybridized carbons (Fsp3) is 0.500. The van der Waals surface area contributed by atoms with Crippen molar-refractivity contribution >= 4 is 18.3 Å². The summed E-state index contributed by atoms with van der Waals surface area (Å²) in [5.41, 5.74) is 0. The minimum absolute atomic E-state index is 0. The van der Waals surface area contributed by atoms with Crippen molar-refractivity contribution in [2.45, 2.75) is 25.5 Å². The average Bonchev–Trinajstić information content (AvgIpc) is 2.95. The minimum atomic E-state index is -0.990. The molecule has 0 spiro atoms. The molecule has 1 aromatic rings. The van der Waals surface area contributed by atoms with Gasteiger partial charge in [0, 0.05) is 25.7 Å². The van der Waals surface area contributed by atoms with E-state index in [2.05, 4.69) is 5.32 Å². The van der Waals surface area contributed by atoms with E-state index in [1.807, 2.05) is 0 Å². The lowest BCUT2D eigenvalue weighted by atomic mass is 10.2. The van der Waals surface area contributed by atoms with Gasteiger partial charge in [-0.15, -0.1) is 12.4 Å². The first-order chi connectivity index (χ1) is 9.49. The molecular formula is C14H19ClF2N2O2. The van der Waals surface area contributed by atoms with Gasteiger partial charge in [-0.3, -0.25) is 4.79 Å². The first kappa shape index (κ1) is 17.7. The average molecular weight is 321 g/mol. The minimum Gasteiger partial charge on any atom is -0.481 e. The number of nitrogens with zero attached hydrogens (tertiary/aromatic N) is 1. The normalized spacial score (nSPS) is 18.8. The SMILES string of the molecule is CC(Oc1ccc(F)c(F)c1)C(=O)N(C)C1CCNC1.Cl. The van der Waals surface area contributed by atoms with E-state index in [0.29, 0.717) is 0 Å². The molecule has 1 amide bonds. The highest BCUT2D eigenvalue weighted by molar-refractivity contribution is 5.85. The summed E-state index contributed by atoms with van der Waals surface area (Å²) in [4.78, 5) is 13.8. The van der Waals surface area contributed by atoms with E-state index in [1.165, 1.54) is 6.07 Å². The Morgan fingerprint density at radius 2 is 2.14 bits per heavy atom. The van der Waals surface area contributed by atoms with Gasteiger partial charge in [-0.1, -0.05) is 0 Å². The Morgan fingerprint density at radius 3 is 2.71 bits per heavy atom. The highest BCUT2D eigenvalue weighted by Gasteiger charge is 2.27. The molecule has 1 fully saturated rings. The van der Waals surface area contributed by atoms with Gasteiger partial charge in [0.05, 0.1) is 0 Å². The number of benzene rings is 1. The van der Waals surface area contributed by atoms with Gasteiger partial charge in [0.2, 0.25) is 0 Å². The molecule has 7 heteroatoms. The molecular weight excluding hydrogens is 302 g/mol. The summed E-state index contributed by atoms with van der Waals surface area (Å²) in [7, 11) is 1.73. The van der Waals surface area contributed by atoms with Gasteiger partial charge in [-0.2, -0.15) is 0 Å². The van der Waals surface area contributed by atoms with Crippen LogP contribution in [0.2, 0.25) is 0 Å². The lowest BCUT2D eigenvalue weighted by molar-refractivity contribution is -0.138. The lowest BCUT2D eigenvalue weighted by Crippen LogP contribution is -2.44. The number of ether oxygens (including phenoxy) is 1. The maximum absolute atomic E-state index is 13.1. The van der Waals surface area contributed by atoms with Gasteiger partial charge in [-0.05, 0) is 32.0 Å². The molecule has 1 aliphatic rings. The fourth-order valence-electron chi connectivity index (χ4n) is 2.24. The summed E-state index contributed by atoms with van der Waals surface area (Å²) in [6.45, 7) is 3.25. The number of carbonyl (C=O) groups is 1. The third kappa shape index (κ3) is 4.28. The summed E-state index contributed by atoms with van der Waals surface area (Å²) in [5.74, 6) is -1.97. The molecule has 2 atom stereocenters. The van der Waals surface area contributed by atoms with E-state index < -0.39 is 17.7 Å². The number of carbonyl (C=O) groups excluding carboxylic acids is 1. The number of amides is 1. The van der Waals surface area contributed by atoms with Gasteiger partial charge >= 0.3 is 0 Å². The van der Waals surface area contributed by atoms with Crippen molar-refractivity contribution in [3.05, 3.63) is 29.8 Å². The highest BCUT2D eigenvalue weighted by atomic mass is 35.5. The molecule has 0 bridgehead atoms. The van der Waals surface area contributed by atoms with Gasteiger partial charge in [0.1, 0.15) is 5.75 Å². The van der Waals surface area contributed by atoms with E-state index in [0.717, 1.165) is 31.6 Å². The zero-order valence-corrected chi connectivity index (χ0v) is 12.8. The fourth-order valence-corrected chi connectivity index (χ4v) is 2.24. The molecule has 1 saturated heterocycles. The van der Waals surface area contributed by atoms with Crippen molar-refractivity contribution in [3.8, 4) is 5.75 Å². The molecule has 1 aliphatic heterocycles. The first-order valence-corrected chi connectivity index (χ1v) is 6.58. The van der Waals surface area contributed by atoms with Crippen LogP contribution in [0.15, 0.2) is 18.2 Å². The monoisotopic (exact) mass is 320 g/mol. The zero-order chi connectivity index (χ0) is 14.7. The summed E-state index contributed by atoms with van der Waals surface area (Å²) in [6, 6.07) is 3.38. The molecule has 0 aromatic heterocycles. The molecule has 0 saturated carbocycles. The molecule has 0 aliphatic carbocycles. The van der Waals surface area contributed by atoms with E-state index in [9.17, 15) is 13.6 Å². The summed E-state index contributed by atoms with van der Waals surface area (Å²) in [6.07, 6.45) is 0.158. The summed E-state index contributed by atoms with van der Waals surface area (Å²) < 4.78 is 31.3. The van der Waals surface area contributed by atoms with Gasteiger partial charge in [0.15, 0.2) is 17.7 Å². The molecule has 4 nitrogen and oxygen atoms in total. The van der Waals surface area contributed by atoms with Crippen molar-refractivity contribution in [3.63, 3.8) is 0 Å². The van der Waals surface area contributed by atoms with Crippen LogP contribution < -0.4 is 10.1 Å². The standard InChI is InChI=1S/C14H18F2N2O2.ClH/c1-9(14(19)18(2)10-5-6-17-8-10)20-11-3-4-12(15)13(16)7-11;/h3-4,7,9-10,17H,5-6,8H2,1-2H3;1H. The van der Waals surface area contributed by atoms with Gasteiger partial charge < -0.3 is 15.0 Å². The third-order valence-corrected chi connectivity index (χ3v) is 3.48. The Bertz CT molecular complexity index is 496. The number of hydrogen-bond acceptors (Lipinski definition) is 3. The topological polar surface area (TPSA) is 41.6 Å². The van der Waals surface area contributed by atoms with Crippen molar-refractivity contribution < 1.29 is 18.3 Å². The number of halogens is 3. The van der Waals surface area contributed by atoms with E-state index in [-0.39, 0.29) is 30.1 Å². The first-order valence-electron chi connectivity index (χ1n) is 6.58. The van der Waals surface area contributed by atoms with E-state index in [4.69, 9.17) is 4.74 Å². The predicted molar refractivity (Wildman–Crippen MR) is 77.7 cm³/mol. The van der Waals surface area contributed by atoms with Crippen LogP contribution in [0.5, 0.6) is 5.75 Å². The Hall–Kier alpha value is -1.40. The molecule has 21 heavy (non-hydrogen) atoms. The summed E-state index contributed by atoms with van der Waals surface area (Å²) in [5, 5.41) is 3.18. The Kier molecular flexibility index (Phi) is 6.36.